The maximum atomic E-state index is 11.9. The SMILES string of the molecule is C[C@@H](C(=O)N(C)C)[C@@H](C)c1cccc([N+](=O)[O-])c1. The summed E-state index contributed by atoms with van der Waals surface area (Å²) in [6.07, 6.45) is 0. The van der Waals surface area contributed by atoms with Gasteiger partial charge in [-0.1, -0.05) is 26.0 Å². The molecule has 0 heterocycles. The van der Waals surface area contributed by atoms with Crippen LogP contribution in [0, 0.1) is 16.0 Å². The van der Waals surface area contributed by atoms with Gasteiger partial charge < -0.3 is 4.90 Å². The van der Waals surface area contributed by atoms with E-state index < -0.39 is 4.92 Å². The molecule has 0 spiro atoms. The van der Waals surface area contributed by atoms with Crippen LogP contribution in [-0.2, 0) is 4.79 Å². The summed E-state index contributed by atoms with van der Waals surface area (Å²) < 4.78 is 0. The van der Waals surface area contributed by atoms with Gasteiger partial charge in [0.1, 0.15) is 0 Å². The van der Waals surface area contributed by atoms with E-state index in [0.29, 0.717) is 0 Å². The van der Waals surface area contributed by atoms with Crippen molar-refractivity contribution in [3.63, 3.8) is 0 Å². The monoisotopic (exact) mass is 250 g/mol. The van der Waals surface area contributed by atoms with Gasteiger partial charge in [0.2, 0.25) is 5.91 Å². The number of benzene rings is 1. The molecule has 18 heavy (non-hydrogen) atoms. The van der Waals surface area contributed by atoms with E-state index in [0.717, 1.165) is 5.56 Å². The molecule has 0 fully saturated rings. The summed E-state index contributed by atoms with van der Waals surface area (Å²) in [5.41, 5.74) is 0.871. The second-order valence-electron chi connectivity index (χ2n) is 4.66. The van der Waals surface area contributed by atoms with Gasteiger partial charge in [0.15, 0.2) is 0 Å². The second-order valence-corrected chi connectivity index (χ2v) is 4.66. The number of carbonyl (C=O) groups excluding carboxylic acids is 1. The van der Waals surface area contributed by atoms with E-state index in [-0.39, 0.29) is 23.4 Å². The third kappa shape index (κ3) is 3.06. The van der Waals surface area contributed by atoms with Gasteiger partial charge in [-0.3, -0.25) is 14.9 Å². The Morgan fingerprint density at radius 3 is 2.44 bits per heavy atom. The molecule has 0 N–H and O–H groups in total. The summed E-state index contributed by atoms with van der Waals surface area (Å²) in [7, 11) is 3.41. The minimum absolute atomic E-state index is 0.0222. The average molecular weight is 250 g/mol. The Kier molecular flexibility index (Phi) is 4.42. The van der Waals surface area contributed by atoms with Gasteiger partial charge in [-0.05, 0) is 11.5 Å². The standard InChI is InChI=1S/C13H18N2O3/c1-9(10(2)13(16)14(3)4)11-6-5-7-12(8-11)15(17)18/h5-10H,1-4H3/t9-,10-/m1/s1. The highest BCUT2D eigenvalue weighted by Gasteiger charge is 2.23. The molecule has 0 aliphatic heterocycles. The Bertz CT molecular complexity index is 457. The van der Waals surface area contributed by atoms with Crippen molar-refractivity contribution in [3.05, 3.63) is 39.9 Å². The van der Waals surface area contributed by atoms with Crippen molar-refractivity contribution in [2.24, 2.45) is 5.92 Å². The summed E-state index contributed by atoms with van der Waals surface area (Å²) in [5.74, 6) is -0.240. The molecule has 1 amide bonds. The number of hydrogen-bond donors (Lipinski definition) is 0. The molecule has 0 radical (unpaired) electrons. The van der Waals surface area contributed by atoms with Crippen LogP contribution >= 0.6 is 0 Å². The second kappa shape index (κ2) is 5.62. The Labute approximate surface area is 107 Å². The largest absolute Gasteiger partial charge is 0.349 e. The highest BCUT2D eigenvalue weighted by molar-refractivity contribution is 5.79. The lowest BCUT2D eigenvalue weighted by atomic mass is 9.88. The van der Waals surface area contributed by atoms with Crippen molar-refractivity contribution in [2.45, 2.75) is 19.8 Å². The normalized spacial score (nSPS) is 13.8. The maximum Gasteiger partial charge on any atom is 0.269 e. The number of rotatable bonds is 4. The molecule has 1 aromatic carbocycles. The van der Waals surface area contributed by atoms with Crippen molar-refractivity contribution in [1.82, 2.24) is 4.90 Å². The molecular formula is C13H18N2O3. The zero-order valence-electron chi connectivity index (χ0n) is 11.1. The van der Waals surface area contributed by atoms with Crippen molar-refractivity contribution >= 4 is 11.6 Å². The van der Waals surface area contributed by atoms with Gasteiger partial charge in [-0.25, -0.2) is 0 Å². The first kappa shape index (κ1) is 14.2. The lowest BCUT2D eigenvalue weighted by Crippen LogP contribution is -2.30. The summed E-state index contributed by atoms with van der Waals surface area (Å²) in [5, 5.41) is 10.7. The molecule has 0 saturated carbocycles. The molecule has 1 rings (SSSR count). The fourth-order valence-corrected chi connectivity index (χ4v) is 1.83. The Hall–Kier alpha value is -1.91. The summed E-state index contributed by atoms with van der Waals surface area (Å²) in [4.78, 5) is 23.7. The Morgan fingerprint density at radius 1 is 1.33 bits per heavy atom. The molecule has 0 unspecified atom stereocenters. The van der Waals surface area contributed by atoms with Gasteiger partial charge in [0, 0.05) is 32.1 Å². The minimum Gasteiger partial charge on any atom is -0.349 e. The number of nitro benzene ring substituents is 1. The van der Waals surface area contributed by atoms with Crippen LogP contribution in [0.25, 0.3) is 0 Å². The first-order valence-corrected chi connectivity index (χ1v) is 5.80. The number of non-ortho nitro benzene ring substituents is 1. The van der Waals surface area contributed by atoms with Crippen LogP contribution in [0.1, 0.15) is 25.3 Å². The van der Waals surface area contributed by atoms with Gasteiger partial charge in [-0.2, -0.15) is 0 Å². The summed E-state index contributed by atoms with van der Waals surface area (Å²) in [6.45, 7) is 3.75. The van der Waals surface area contributed by atoms with E-state index in [1.165, 1.54) is 12.1 Å². The van der Waals surface area contributed by atoms with Crippen LogP contribution < -0.4 is 0 Å². The third-order valence-corrected chi connectivity index (χ3v) is 3.19. The number of nitrogens with zero attached hydrogens (tertiary/aromatic N) is 2. The zero-order valence-corrected chi connectivity index (χ0v) is 11.1. The van der Waals surface area contributed by atoms with Crippen LogP contribution in [-0.4, -0.2) is 29.8 Å². The fraction of sp³-hybridized carbons (Fsp3) is 0.462. The quantitative estimate of drug-likeness (QED) is 0.609. The van der Waals surface area contributed by atoms with E-state index in [9.17, 15) is 14.9 Å². The summed E-state index contributed by atoms with van der Waals surface area (Å²) in [6, 6.07) is 6.45. The number of amides is 1. The predicted molar refractivity (Wildman–Crippen MR) is 69.4 cm³/mol. The van der Waals surface area contributed by atoms with Gasteiger partial charge in [-0.15, -0.1) is 0 Å². The first-order valence-electron chi connectivity index (χ1n) is 5.80. The van der Waals surface area contributed by atoms with E-state index in [2.05, 4.69) is 0 Å². The van der Waals surface area contributed by atoms with E-state index >= 15 is 0 Å². The summed E-state index contributed by atoms with van der Waals surface area (Å²) >= 11 is 0. The molecule has 0 aliphatic carbocycles. The third-order valence-electron chi connectivity index (χ3n) is 3.19. The van der Waals surface area contributed by atoms with E-state index in [1.54, 1.807) is 25.1 Å². The average Bonchev–Trinajstić information content (AvgIpc) is 2.36. The van der Waals surface area contributed by atoms with Gasteiger partial charge in [0.05, 0.1) is 4.92 Å². The molecular weight excluding hydrogens is 232 g/mol. The molecule has 98 valence electrons. The van der Waals surface area contributed by atoms with Gasteiger partial charge in [0.25, 0.3) is 5.69 Å². The molecule has 0 saturated heterocycles. The maximum absolute atomic E-state index is 11.9. The van der Waals surface area contributed by atoms with Crippen molar-refractivity contribution in [3.8, 4) is 0 Å². The van der Waals surface area contributed by atoms with Crippen LogP contribution in [0.5, 0.6) is 0 Å². The van der Waals surface area contributed by atoms with Crippen LogP contribution in [0.2, 0.25) is 0 Å². The van der Waals surface area contributed by atoms with Crippen LogP contribution in [0.4, 0.5) is 5.69 Å². The fourth-order valence-electron chi connectivity index (χ4n) is 1.83. The predicted octanol–water partition coefficient (Wildman–Crippen LogP) is 2.42. The van der Waals surface area contributed by atoms with Crippen molar-refractivity contribution < 1.29 is 9.72 Å². The lowest BCUT2D eigenvalue weighted by Gasteiger charge is -2.22. The Morgan fingerprint density at radius 2 is 1.94 bits per heavy atom. The molecule has 1 aromatic rings. The van der Waals surface area contributed by atoms with E-state index in [4.69, 9.17) is 0 Å². The molecule has 5 nitrogen and oxygen atoms in total. The van der Waals surface area contributed by atoms with Crippen LogP contribution in [0.15, 0.2) is 24.3 Å². The minimum atomic E-state index is -0.422. The van der Waals surface area contributed by atoms with Crippen molar-refractivity contribution in [2.75, 3.05) is 14.1 Å². The molecule has 5 heteroatoms. The van der Waals surface area contributed by atoms with Crippen LogP contribution in [0.3, 0.4) is 0 Å². The highest BCUT2D eigenvalue weighted by Crippen LogP contribution is 2.27. The number of hydrogen-bond acceptors (Lipinski definition) is 3. The molecule has 0 bridgehead atoms. The van der Waals surface area contributed by atoms with Gasteiger partial charge >= 0.3 is 0 Å². The molecule has 0 aliphatic rings. The highest BCUT2D eigenvalue weighted by atomic mass is 16.6. The zero-order chi connectivity index (χ0) is 13.9. The number of carbonyl (C=O) groups is 1. The lowest BCUT2D eigenvalue weighted by molar-refractivity contribution is -0.384. The number of nitro groups is 1. The molecule has 0 aromatic heterocycles. The van der Waals surface area contributed by atoms with E-state index in [1.807, 2.05) is 19.9 Å². The van der Waals surface area contributed by atoms with Crippen molar-refractivity contribution in [1.29, 1.82) is 0 Å². The topological polar surface area (TPSA) is 63.5 Å². The first-order chi connectivity index (χ1) is 8.34. The Balaban J connectivity index is 2.96. The smallest absolute Gasteiger partial charge is 0.269 e. The molecule has 2 atom stereocenters.